The highest BCUT2D eigenvalue weighted by atomic mass is 19.1. The van der Waals surface area contributed by atoms with Crippen molar-refractivity contribution in [1.82, 2.24) is 49.1 Å². The number of aryl methyl sites for hydroxylation is 1. The summed E-state index contributed by atoms with van der Waals surface area (Å²) in [5.74, 6) is -1.87. The maximum absolute atomic E-state index is 16.3. The van der Waals surface area contributed by atoms with E-state index < -0.39 is 34.4 Å². The third-order valence-electron chi connectivity index (χ3n) is 12.7. The Kier molecular flexibility index (Phi) is 10.9. The Labute approximate surface area is 358 Å². The second kappa shape index (κ2) is 16.8. The molecule has 2 N–H and O–H groups in total. The van der Waals surface area contributed by atoms with Crippen LogP contribution in [0.2, 0.25) is 0 Å². The van der Waals surface area contributed by atoms with Gasteiger partial charge in [0.05, 0.1) is 37.0 Å². The van der Waals surface area contributed by atoms with Crippen LogP contribution >= 0.6 is 0 Å². The number of piperazine rings is 1. The van der Waals surface area contributed by atoms with Crippen LogP contribution in [0.3, 0.4) is 0 Å². The minimum atomic E-state index is -0.551. The Balaban J connectivity index is 1.21. The van der Waals surface area contributed by atoms with Crippen LogP contribution in [0.25, 0.3) is 43.6 Å². The Morgan fingerprint density at radius 3 is 1.81 bits per heavy atom. The predicted molar refractivity (Wildman–Crippen MR) is 235 cm³/mol. The first-order chi connectivity index (χ1) is 30.6. The smallest absolute Gasteiger partial charge is 0.291 e. The maximum atomic E-state index is 16.3. The van der Waals surface area contributed by atoms with E-state index in [-0.39, 0.29) is 41.8 Å². The van der Waals surface area contributed by atoms with Gasteiger partial charge >= 0.3 is 0 Å². The molecule has 0 aliphatic carbocycles. The van der Waals surface area contributed by atoms with Crippen molar-refractivity contribution < 1.29 is 17.6 Å². The average Bonchev–Trinajstić information content (AvgIpc) is 3.56. The molecule has 0 atom stereocenters. The molecule has 0 bridgehead atoms. The quantitative estimate of drug-likeness (QED) is 0.175. The fraction of sp³-hybridized carbons (Fsp3) is 0.319. The minimum absolute atomic E-state index is 0.130. The van der Waals surface area contributed by atoms with E-state index in [2.05, 4.69) is 25.5 Å². The molecule has 0 saturated carbocycles. The highest BCUT2D eigenvalue weighted by Crippen LogP contribution is 2.35. The van der Waals surface area contributed by atoms with Crippen LogP contribution in [0.15, 0.2) is 88.6 Å². The zero-order valence-corrected chi connectivity index (χ0v) is 34.8. The average molecular weight is 859 g/mol. The standard InChI is InChI=1S/C47H46F4N10O2/c1-56-41-19-31(25-58-17-13-53-14-18-58)39(51)22-34(41)43-40(55-61(47(63)45(43)56)27-30-8-3-5-10-37(30)49)28-59-42-20-32(24-57-15-6-11-52-12-16-57)38(50)21-33(42)35-23-54-60(46(62)44(35)59)26-29-7-2-4-9-36(29)48/h2-5,7-10,19-23,52-53H,6,11-18,24-28H2,1H3. The summed E-state index contributed by atoms with van der Waals surface area (Å²) in [6.07, 6.45) is 2.40. The zero-order chi connectivity index (χ0) is 43.4. The van der Waals surface area contributed by atoms with Gasteiger partial charge in [0.25, 0.3) is 11.1 Å². The van der Waals surface area contributed by atoms with Crippen molar-refractivity contribution in [2.24, 2.45) is 7.05 Å². The molecular formula is C47H46F4N10O2. The van der Waals surface area contributed by atoms with E-state index in [9.17, 15) is 14.0 Å². The lowest BCUT2D eigenvalue weighted by Crippen LogP contribution is -2.43. The molecule has 2 saturated heterocycles. The summed E-state index contributed by atoms with van der Waals surface area (Å²) >= 11 is 0. The van der Waals surface area contributed by atoms with Gasteiger partial charge in [-0.1, -0.05) is 36.4 Å². The molecule has 8 aromatic rings. The number of nitrogens with zero attached hydrogens (tertiary/aromatic N) is 8. The molecule has 16 heteroatoms. The third-order valence-corrected chi connectivity index (χ3v) is 12.7. The first kappa shape index (κ1) is 40.8. The number of halogens is 4. The van der Waals surface area contributed by atoms with Crippen LogP contribution in [-0.4, -0.2) is 90.9 Å². The third kappa shape index (κ3) is 7.60. The van der Waals surface area contributed by atoms with Crippen molar-refractivity contribution in [3.8, 4) is 0 Å². The maximum Gasteiger partial charge on any atom is 0.291 e. The molecule has 0 spiro atoms. The number of hydrogen-bond donors (Lipinski definition) is 2. The Morgan fingerprint density at radius 2 is 1.14 bits per heavy atom. The fourth-order valence-electron chi connectivity index (χ4n) is 9.38. The summed E-state index contributed by atoms with van der Waals surface area (Å²) in [6.45, 7) is 6.47. The van der Waals surface area contributed by atoms with Crippen molar-refractivity contribution in [3.05, 3.63) is 151 Å². The molecule has 324 valence electrons. The molecule has 2 fully saturated rings. The molecule has 0 amide bonds. The van der Waals surface area contributed by atoms with E-state index in [1.807, 2.05) is 0 Å². The van der Waals surface area contributed by atoms with Gasteiger partial charge in [-0.25, -0.2) is 26.9 Å². The number of benzene rings is 4. The highest BCUT2D eigenvalue weighted by Gasteiger charge is 2.26. The normalized spacial score (nSPS) is 15.6. The van der Waals surface area contributed by atoms with E-state index in [1.165, 1.54) is 39.8 Å². The molecule has 12 nitrogen and oxygen atoms in total. The molecule has 63 heavy (non-hydrogen) atoms. The van der Waals surface area contributed by atoms with Gasteiger partial charge in [0.2, 0.25) is 0 Å². The van der Waals surface area contributed by atoms with Crippen LogP contribution in [0, 0.1) is 23.3 Å². The van der Waals surface area contributed by atoms with Crippen molar-refractivity contribution in [1.29, 1.82) is 0 Å². The van der Waals surface area contributed by atoms with Gasteiger partial charge < -0.3 is 19.8 Å². The summed E-state index contributed by atoms with van der Waals surface area (Å²) in [5.41, 5.74) is 2.18. The molecule has 2 aliphatic rings. The molecule has 0 unspecified atom stereocenters. The van der Waals surface area contributed by atoms with Gasteiger partial charge in [0.15, 0.2) is 0 Å². The minimum Gasteiger partial charge on any atom is -0.339 e. The molecule has 4 aromatic heterocycles. The van der Waals surface area contributed by atoms with Crippen LogP contribution in [0.5, 0.6) is 0 Å². The summed E-state index contributed by atoms with van der Waals surface area (Å²) in [6, 6.07) is 18.7. The molecule has 0 radical (unpaired) electrons. The van der Waals surface area contributed by atoms with Crippen LogP contribution in [0.1, 0.15) is 34.4 Å². The van der Waals surface area contributed by atoms with E-state index in [0.29, 0.717) is 62.5 Å². The largest absolute Gasteiger partial charge is 0.339 e. The number of hydrogen-bond acceptors (Lipinski definition) is 8. The lowest BCUT2D eigenvalue weighted by molar-refractivity contribution is 0.230. The van der Waals surface area contributed by atoms with Gasteiger partial charge in [0, 0.05) is 109 Å². The Morgan fingerprint density at radius 1 is 0.571 bits per heavy atom. The first-order valence-corrected chi connectivity index (χ1v) is 21.4. The van der Waals surface area contributed by atoms with Crippen molar-refractivity contribution in [2.45, 2.75) is 39.1 Å². The SMILES string of the molecule is Cn1c2cc(CN3CCNCC3)c(F)cc2c2c(Cn3c4cc(CN5CCCNCC5)c(F)cc4c4cnn(Cc5ccccc5F)c(=O)c43)nn(Cc3ccccc3F)c(=O)c21. The molecule has 10 rings (SSSR count). The Hall–Kier alpha value is -6.20. The zero-order valence-electron chi connectivity index (χ0n) is 34.8. The van der Waals surface area contributed by atoms with E-state index in [0.717, 1.165) is 58.8 Å². The highest BCUT2D eigenvalue weighted by molar-refractivity contribution is 6.10. The summed E-state index contributed by atoms with van der Waals surface area (Å²) < 4.78 is 68.7. The van der Waals surface area contributed by atoms with Gasteiger partial charge in [-0.3, -0.25) is 19.4 Å². The van der Waals surface area contributed by atoms with Crippen molar-refractivity contribution in [2.75, 3.05) is 52.4 Å². The Bertz CT molecular complexity index is 3180. The number of aromatic nitrogens is 6. The van der Waals surface area contributed by atoms with E-state index in [4.69, 9.17) is 5.10 Å². The molecular weight excluding hydrogens is 813 g/mol. The second-order valence-corrected chi connectivity index (χ2v) is 16.7. The van der Waals surface area contributed by atoms with Crippen LogP contribution < -0.4 is 21.8 Å². The van der Waals surface area contributed by atoms with Gasteiger partial charge in [-0.05, 0) is 55.9 Å². The van der Waals surface area contributed by atoms with Crippen molar-refractivity contribution in [3.63, 3.8) is 0 Å². The summed E-state index contributed by atoms with van der Waals surface area (Å²) in [5, 5.41) is 17.7. The second-order valence-electron chi connectivity index (χ2n) is 16.7. The summed E-state index contributed by atoms with van der Waals surface area (Å²) in [7, 11) is 1.75. The first-order valence-electron chi connectivity index (χ1n) is 21.4. The number of nitrogens with one attached hydrogen (secondary N) is 2. The van der Waals surface area contributed by atoms with Gasteiger partial charge in [-0.2, -0.15) is 10.2 Å². The topological polar surface area (TPSA) is 110 Å². The molecule has 2 aliphatic heterocycles. The predicted octanol–water partition coefficient (Wildman–Crippen LogP) is 5.45. The van der Waals surface area contributed by atoms with Crippen molar-refractivity contribution >= 4 is 43.6 Å². The summed E-state index contributed by atoms with van der Waals surface area (Å²) in [4.78, 5) is 33.7. The number of fused-ring (bicyclic) bond motifs is 6. The molecule has 6 heterocycles. The molecule has 4 aromatic carbocycles. The monoisotopic (exact) mass is 858 g/mol. The van der Waals surface area contributed by atoms with E-state index >= 15 is 13.2 Å². The fourth-order valence-corrected chi connectivity index (χ4v) is 9.38. The van der Waals surface area contributed by atoms with Crippen LogP contribution in [-0.2, 0) is 39.8 Å². The van der Waals surface area contributed by atoms with Gasteiger partial charge in [0.1, 0.15) is 34.3 Å². The van der Waals surface area contributed by atoms with Crippen LogP contribution in [0.4, 0.5) is 17.6 Å². The van der Waals surface area contributed by atoms with Gasteiger partial charge in [-0.15, -0.1) is 0 Å². The number of rotatable bonds is 10. The lowest BCUT2D eigenvalue weighted by Gasteiger charge is -2.27. The van der Waals surface area contributed by atoms with E-state index in [1.54, 1.807) is 64.7 Å². The lowest BCUT2D eigenvalue weighted by atomic mass is 10.1.